The molecule has 3 aromatic rings. The third kappa shape index (κ3) is 5.12. The molecule has 176 valence electrons. The Bertz CT molecular complexity index is 1210. The second-order valence-corrected chi connectivity index (χ2v) is 8.45. The minimum Gasteiger partial charge on any atom is -0.496 e. The molecule has 8 heteroatoms. The van der Waals surface area contributed by atoms with Crippen LogP contribution in [0.4, 0.5) is 4.39 Å². The van der Waals surface area contributed by atoms with E-state index in [0.717, 1.165) is 21.7 Å². The number of thiazole rings is 1. The summed E-state index contributed by atoms with van der Waals surface area (Å²) in [6.07, 6.45) is 5.94. The summed E-state index contributed by atoms with van der Waals surface area (Å²) in [7, 11) is 4.82. The maximum absolute atomic E-state index is 13.1. The van der Waals surface area contributed by atoms with Crippen LogP contribution in [0.2, 0.25) is 0 Å². The van der Waals surface area contributed by atoms with Crippen molar-refractivity contribution in [3.05, 3.63) is 71.0 Å². The molecule has 0 fully saturated rings. The number of halogens is 1. The molecule has 4 rings (SSSR count). The van der Waals surface area contributed by atoms with Crippen molar-refractivity contribution in [2.45, 2.75) is 6.42 Å². The number of nitrogens with zero attached hydrogens (tertiary/aromatic N) is 2. The summed E-state index contributed by atoms with van der Waals surface area (Å²) in [5, 5.41) is 2.65. The van der Waals surface area contributed by atoms with E-state index in [9.17, 15) is 9.18 Å². The monoisotopic (exact) mass is 480 g/mol. The number of aromatic nitrogens is 1. The van der Waals surface area contributed by atoms with Crippen LogP contribution in [-0.2, 0) is 4.79 Å². The van der Waals surface area contributed by atoms with E-state index in [-0.39, 0.29) is 11.7 Å². The minimum absolute atomic E-state index is 0.0831. The van der Waals surface area contributed by atoms with E-state index in [2.05, 4.69) is 4.98 Å². The molecule has 0 aliphatic carbocycles. The fraction of sp³-hybridized carbons (Fsp3) is 0.231. The number of methoxy groups -OCH3 is 3. The minimum atomic E-state index is -0.284. The predicted octanol–water partition coefficient (Wildman–Crippen LogP) is 5.30. The van der Waals surface area contributed by atoms with E-state index in [1.165, 1.54) is 29.5 Å². The molecule has 2 aromatic carbocycles. The molecule has 0 spiro atoms. The summed E-state index contributed by atoms with van der Waals surface area (Å²) < 4.78 is 29.6. The van der Waals surface area contributed by atoms with Gasteiger partial charge < -0.3 is 19.1 Å². The van der Waals surface area contributed by atoms with Gasteiger partial charge in [-0.25, -0.2) is 9.37 Å². The van der Waals surface area contributed by atoms with Gasteiger partial charge in [-0.1, -0.05) is 6.08 Å². The normalized spacial score (nSPS) is 13.6. The van der Waals surface area contributed by atoms with E-state index in [1.54, 1.807) is 44.4 Å². The Labute approximate surface area is 201 Å². The highest BCUT2D eigenvalue weighted by Crippen LogP contribution is 2.40. The summed E-state index contributed by atoms with van der Waals surface area (Å²) >= 11 is 1.45. The highest BCUT2D eigenvalue weighted by Gasteiger charge is 2.22. The van der Waals surface area contributed by atoms with Crippen LogP contribution in [0, 0.1) is 5.82 Å². The molecule has 0 saturated heterocycles. The number of ether oxygens (including phenoxy) is 3. The third-order valence-corrected chi connectivity index (χ3v) is 6.48. The van der Waals surface area contributed by atoms with Crippen molar-refractivity contribution in [2.75, 3.05) is 34.4 Å². The van der Waals surface area contributed by atoms with Crippen LogP contribution in [0.25, 0.3) is 22.2 Å². The molecule has 0 atom stereocenters. The van der Waals surface area contributed by atoms with Crippen LogP contribution in [0.3, 0.4) is 0 Å². The van der Waals surface area contributed by atoms with Crippen LogP contribution in [-0.4, -0.2) is 50.2 Å². The molecule has 0 N–H and O–H groups in total. The summed E-state index contributed by atoms with van der Waals surface area (Å²) in [5.74, 6) is 1.62. The Balaban J connectivity index is 1.44. The van der Waals surface area contributed by atoms with Crippen molar-refractivity contribution in [3.63, 3.8) is 0 Å². The first-order valence-electron chi connectivity index (χ1n) is 10.7. The Kier molecular flexibility index (Phi) is 7.27. The van der Waals surface area contributed by atoms with Gasteiger partial charge in [-0.3, -0.25) is 4.79 Å². The van der Waals surface area contributed by atoms with Gasteiger partial charge in [-0.15, -0.1) is 11.3 Å². The van der Waals surface area contributed by atoms with Crippen LogP contribution < -0.4 is 14.2 Å². The average molecular weight is 481 g/mol. The highest BCUT2D eigenvalue weighted by atomic mass is 32.1. The average Bonchev–Trinajstić information content (AvgIpc) is 3.36. The zero-order valence-corrected chi connectivity index (χ0v) is 20.0. The van der Waals surface area contributed by atoms with Gasteiger partial charge in [0.25, 0.3) is 0 Å². The van der Waals surface area contributed by atoms with Gasteiger partial charge in [-0.05, 0) is 42.3 Å². The van der Waals surface area contributed by atoms with Crippen molar-refractivity contribution in [1.29, 1.82) is 0 Å². The molecule has 6 nitrogen and oxygen atoms in total. The van der Waals surface area contributed by atoms with Gasteiger partial charge in [0.2, 0.25) is 5.91 Å². The Morgan fingerprint density at radius 3 is 2.38 bits per heavy atom. The van der Waals surface area contributed by atoms with Crippen molar-refractivity contribution in [1.82, 2.24) is 9.88 Å². The first-order valence-corrected chi connectivity index (χ1v) is 11.6. The number of hydrogen-bond donors (Lipinski definition) is 0. The number of carbonyl (C=O) groups is 1. The lowest BCUT2D eigenvalue weighted by Crippen LogP contribution is -2.33. The van der Waals surface area contributed by atoms with Crippen LogP contribution >= 0.6 is 11.3 Å². The molecule has 0 radical (unpaired) electrons. The van der Waals surface area contributed by atoms with E-state index in [1.807, 2.05) is 23.6 Å². The molecule has 1 aliphatic heterocycles. The molecule has 1 amide bonds. The molecule has 1 aromatic heterocycles. The fourth-order valence-corrected chi connectivity index (χ4v) is 4.56. The number of benzene rings is 2. The second-order valence-electron chi connectivity index (χ2n) is 7.59. The van der Waals surface area contributed by atoms with Crippen molar-refractivity contribution in [2.24, 2.45) is 0 Å². The zero-order valence-electron chi connectivity index (χ0n) is 19.2. The molecule has 34 heavy (non-hydrogen) atoms. The number of rotatable bonds is 7. The molecular formula is C26H25FN2O4S. The topological polar surface area (TPSA) is 60.9 Å². The molecule has 2 heterocycles. The number of amides is 1. The van der Waals surface area contributed by atoms with Gasteiger partial charge in [0.1, 0.15) is 28.1 Å². The maximum atomic E-state index is 13.1. The summed E-state index contributed by atoms with van der Waals surface area (Å²) in [5.41, 5.74) is 3.48. The maximum Gasteiger partial charge on any atom is 0.246 e. The van der Waals surface area contributed by atoms with Gasteiger partial charge in [-0.2, -0.15) is 0 Å². The summed E-state index contributed by atoms with van der Waals surface area (Å²) in [6.45, 7) is 1.06. The van der Waals surface area contributed by atoms with Crippen molar-refractivity contribution >= 4 is 28.9 Å². The number of hydrogen-bond acceptors (Lipinski definition) is 6. The standard InChI is InChI=1S/C26H25FN2O4S/c1-31-21-14-22(32-2)25(23(15-21)33-3)17-10-12-29(13-11-17)24(30)9-8-20-16-34-26(28-20)18-4-6-19(27)7-5-18/h4-10,14-16H,11-13H2,1-3H3/b9-8+. The molecule has 1 aliphatic rings. The second kappa shape index (κ2) is 10.5. The first kappa shape index (κ1) is 23.5. The third-order valence-electron chi connectivity index (χ3n) is 5.57. The molecule has 0 bridgehead atoms. The largest absolute Gasteiger partial charge is 0.496 e. The first-order chi connectivity index (χ1) is 16.5. The van der Waals surface area contributed by atoms with Crippen LogP contribution in [0.1, 0.15) is 17.7 Å². The lowest BCUT2D eigenvalue weighted by atomic mass is 9.97. The summed E-state index contributed by atoms with van der Waals surface area (Å²) in [4.78, 5) is 19.0. The fourth-order valence-electron chi connectivity index (χ4n) is 3.77. The Morgan fingerprint density at radius 2 is 1.79 bits per heavy atom. The van der Waals surface area contributed by atoms with Gasteiger partial charge in [0, 0.05) is 42.2 Å². The highest BCUT2D eigenvalue weighted by molar-refractivity contribution is 7.13. The van der Waals surface area contributed by atoms with Gasteiger partial charge in [0.05, 0.1) is 32.6 Å². The van der Waals surface area contributed by atoms with Crippen LogP contribution in [0.5, 0.6) is 17.2 Å². The van der Waals surface area contributed by atoms with Gasteiger partial charge >= 0.3 is 0 Å². The van der Waals surface area contributed by atoms with E-state index in [0.29, 0.717) is 42.5 Å². The van der Waals surface area contributed by atoms with Crippen molar-refractivity contribution in [3.8, 4) is 27.8 Å². The van der Waals surface area contributed by atoms with E-state index < -0.39 is 0 Å². The Morgan fingerprint density at radius 1 is 1.09 bits per heavy atom. The van der Waals surface area contributed by atoms with Crippen molar-refractivity contribution < 1.29 is 23.4 Å². The molecule has 0 unspecified atom stereocenters. The number of carbonyl (C=O) groups excluding carboxylic acids is 1. The summed E-state index contributed by atoms with van der Waals surface area (Å²) in [6, 6.07) is 9.85. The SMILES string of the molecule is COc1cc(OC)c(C2=CCN(C(=O)/C=C/c3csc(-c4ccc(F)cc4)n3)CC2)c(OC)c1. The predicted molar refractivity (Wildman–Crippen MR) is 132 cm³/mol. The quantitative estimate of drug-likeness (QED) is 0.429. The smallest absolute Gasteiger partial charge is 0.246 e. The van der Waals surface area contributed by atoms with E-state index >= 15 is 0 Å². The Hall–Kier alpha value is -3.65. The molecular weight excluding hydrogens is 455 g/mol. The van der Waals surface area contributed by atoms with Crippen LogP contribution in [0.15, 0.2) is 53.9 Å². The lowest BCUT2D eigenvalue weighted by molar-refractivity contribution is -0.125. The molecule has 0 saturated carbocycles. The van der Waals surface area contributed by atoms with Gasteiger partial charge in [0.15, 0.2) is 0 Å². The lowest BCUT2D eigenvalue weighted by Gasteiger charge is -2.27. The zero-order chi connectivity index (χ0) is 24.1. The van der Waals surface area contributed by atoms with E-state index in [4.69, 9.17) is 14.2 Å².